The van der Waals surface area contributed by atoms with Crippen molar-refractivity contribution in [2.75, 3.05) is 0 Å². The second-order valence-corrected chi connectivity index (χ2v) is 5.08. The smallest absolute Gasteiger partial charge is 0.336 e. The lowest BCUT2D eigenvalue weighted by atomic mass is 9.84. The molecule has 18 heavy (non-hydrogen) atoms. The Labute approximate surface area is 105 Å². The minimum atomic E-state index is -0.834. The first-order valence-electron chi connectivity index (χ1n) is 6.30. The highest BCUT2D eigenvalue weighted by atomic mass is 16.4. The summed E-state index contributed by atoms with van der Waals surface area (Å²) in [5.74, 6) is -0.243. The quantitative estimate of drug-likeness (QED) is 0.834. The van der Waals surface area contributed by atoms with Gasteiger partial charge in [0.2, 0.25) is 0 Å². The van der Waals surface area contributed by atoms with Gasteiger partial charge in [-0.3, -0.25) is 4.98 Å². The van der Waals surface area contributed by atoms with Gasteiger partial charge in [-0.1, -0.05) is 25.1 Å². The fourth-order valence-electron chi connectivity index (χ4n) is 2.81. The number of carboxylic acids is 1. The Kier molecular flexibility index (Phi) is 2.54. The molecule has 0 fully saturated rings. The van der Waals surface area contributed by atoms with Crippen LogP contribution < -0.4 is 0 Å². The third kappa shape index (κ3) is 1.67. The van der Waals surface area contributed by atoms with Crippen molar-refractivity contribution in [3.8, 4) is 0 Å². The number of carboxylic acid groups (broad SMARTS) is 1. The summed E-state index contributed by atoms with van der Waals surface area (Å²) < 4.78 is 0. The Bertz CT molecular complexity index is 634. The molecule has 0 bridgehead atoms. The van der Waals surface area contributed by atoms with Gasteiger partial charge in [0.05, 0.1) is 11.1 Å². The fourth-order valence-corrected chi connectivity index (χ4v) is 2.81. The SMILES string of the molecule is C[C@H]1CCc2c(nc3ccccc3c2C(=O)O)C1. The highest BCUT2D eigenvalue weighted by Crippen LogP contribution is 2.31. The van der Waals surface area contributed by atoms with Crippen LogP contribution in [0.4, 0.5) is 0 Å². The Hall–Kier alpha value is -1.90. The van der Waals surface area contributed by atoms with E-state index in [4.69, 9.17) is 0 Å². The zero-order chi connectivity index (χ0) is 12.7. The summed E-state index contributed by atoms with van der Waals surface area (Å²) in [5, 5.41) is 10.2. The van der Waals surface area contributed by atoms with Crippen LogP contribution in [-0.4, -0.2) is 16.1 Å². The lowest BCUT2D eigenvalue weighted by molar-refractivity contribution is 0.0697. The molecule has 1 aromatic heterocycles. The van der Waals surface area contributed by atoms with Crippen molar-refractivity contribution in [2.45, 2.75) is 26.2 Å². The summed E-state index contributed by atoms with van der Waals surface area (Å²) in [5.41, 5.74) is 3.18. The zero-order valence-electron chi connectivity index (χ0n) is 10.3. The van der Waals surface area contributed by atoms with Crippen molar-refractivity contribution in [1.82, 2.24) is 4.98 Å². The minimum absolute atomic E-state index is 0.461. The van der Waals surface area contributed by atoms with Crippen molar-refractivity contribution in [3.05, 3.63) is 41.1 Å². The predicted octanol–water partition coefficient (Wildman–Crippen LogP) is 3.06. The molecule has 1 aliphatic rings. The van der Waals surface area contributed by atoms with Crippen molar-refractivity contribution in [2.24, 2.45) is 5.92 Å². The number of pyridine rings is 1. The van der Waals surface area contributed by atoms with Gasteiger partial charge >= 0.3 is 5.97 Å². The van der Waals surface area contributed by atoms with Crippen LogP contribution in [0.25, 0.3) is 10.9 Å². The van der Waals surface area contributed by atoms with Gasteiger partial charge < -0.3 is 5.11 Å². The monoisotopic (exact) mass is 241 g/mol. The van der Waals surface area contributed by atoms with Gasteiger partial charge in [0, 0.05) is 11.1 Å². The first-order valence-corrected chi connectivity index (χ1v) is 6.30. The molecule has 1 aliphatic carbocycles. The van der Waals surface area contributed by atoms with Crippen LogP contribution >= 0.6 is 0 Å². The maximum Gasteiger partial charge on any atom is 0.336 e. The van der Waals surface area contributed by atoms with E-state index in [0.29, 0.717) is 11.5 Å². The molecule has 1 N–H and O–H groups in total. The van der Waals surface area contributed by atoms with E-state index in [0.717, 1.165) is 41.4 Å². The average Bonchev–Trinajstić information content (AvgIpc) is 2.35. The molecule has 0 radical (unpaired) electrons. The van der Waals surface area contributed by atoms with Crippen LogP contribution in [0.2, 0.25) is 0 Å². The maximum absolute atomic E-state index is 11.5. The van der Waals surface area contributed by atoms with Gasteiger partial charge in [0.1, 0.15) is 0 Å². The summed E-state index contributed by atoms with van der Waals surface area (Å²) in [4.78, 5) is 16.2. The maximum atomic E-state index is 11.5. The molecule has 3 heteroatoms. The van der Waals surface area contributed by atoms with Crippen LogP contribution in [0.1, 0.15) is 35.0 Å². The molecule has 0 spiro atoms. The van der Waals surface area contributed by atoms with E-state index in [2.05, 4.69) is 11.9 Å². The standard InChI is InChI=1S/C15H15NO2/c1-9-6-7-11-13(8-9)16-12-5-3-2-4-10(12)14(11)15(17)18/h2-5,9H,6-8H2,1H3,(H,17,18)/t9-/m0/s1. The number of carbonyl (C=O) groups is 1. The number of para-hydroxylation sites is 1. The number of benzene rings is 1. The van der Waals surface area contributed by atoms with Crippen LogP contribution in [-0.2, 0) is 12.8 Å². The van der Waals surface area contributed by atoms with Crippen LogP contribution in [0.5, 0.6) is 0 Å². The Morgan fingerprint density at radius 3 is 2.94 bits per heavy atom. The van der Waals surface area contributed by atoms with Crippen molar-refractivity contribution in [1.29, 1.82) is 0 Å². The first-order chi connectivity index (χ1) is 8.66. The molecule has 0 saturated carbocycles. The number of fused-ring (bicyclic) bond motifs is 2. The Morgan fingerprint density at radius 1 is 1.39 bits per heavy atom. The van der Waals surface area contributed by atoms with Gasteiger partial charge in [-0.15, -0.1) is 0 Å². The van der Waals surface area contributed by atoms with Crippen LogP contribution in [0.15, 0.2) is 24.3 Å². The van der Waals surface area contributed by atoms with Crippen molar-refractivity contribution in [3.63, 3.8) is 0 Å². The third-order valence-corrected chi connectivity index (χ3v) is 3.72. The summed E-state index contributed by atoms with van der Waals surface area (Å²) in [6, 6.07) is 7.51. The number of hydrogen-bond acceptors (Lipinski definition) is 2. The molecule has 0 amide bonds. The molecule has 3 rings (SSSR count). The van der Waals surface area contributed by atoms with Crippen LogP contribution in [0, 0.1) is 5.92 Å². The van der Waals surface area contributed by atoms with Gasteiger partial charge in [0.25, 0.3) is 0 Å². The molecule has 2 aromatic rings. The third-order valence-electron chi connectivity index (χ3n) is 3.72. The largest absolute Gasteiger partial charge is 0.478 e. The number of rotatable bonds is 1. The molecular formula is C15H15NO2. The molecule has 0 saturated heterocycles. The molecule has 1 heterocycles. The topological polar surface area (TPSA) is 50.2 Å². The van der Waals surface area contributed by atoms with Gasteiger partial charge in [-0.2, -0.15) is 0 Å². The fraction of sp³-hybridized carbons (Fsp3) is 0.333. The summed E-state index contributed by atoms with van der Waals surface area (Å²) in [7, 11) is 0. The van der Waals surface area contributed by atoms with Gasteiger partial charge in [-0.25, -0.2) is 4.79 Å². The van der Waals surface area contributed by atoms with E-state index in [1.807, 2.05) is 24.3 Å². The molecule has 0 unspecified atom stereocenters. The Morgan fingerprint density at radius 2 is 2.17 bits per heavy atom. The lowest BCUT2D eigenvalue weighted by Crippen LogP contribution is -2.17. The minimum Gasteiger partial charge on any atom is -0.478 e. The highest BCUT2D eigenvalue weighted by molar-refractivity contribution is 6.04. The van der Waals surface area contributed by atoms with E-state index >= 15 is 0 Å². The molecule has 0 aliphatic heterocycles. The molecule has 3 nitrogen and oxygen atoms in total. The summed E-state index contributed by atoms with van der Waals surface area (Å²) in [6.45, 7) is 2.19. The molecule has 1 aromatic carbocycles. The molecule has 92 valence electrons. The van der Waals surface area contributed by atoms with Crippen LogP contribution in [0.3, 0.4) is 0 Å². The van der Waals surface area contributed by atoms with Gasteiger partial charge in [0.15, 0.2) is 0 Å². The highest BCUT2D eigenvalue weighted by Gasteiger charge is 2.24. The number of aromatic carboxylic acids is 1. The number of nitrogens with zero attached hydrogens (tertiary/aromatic N) is 1. The van der Waals surface area contributed by atoms with E-state index in [1.54, 1.807) is 0 Å². The lowest BCUT2D eigenvalue weighted by Gasteiger charge is -2.23. The summed E-state index contributed by atoms with van der Waals surface area (Å²) >= 11 is 0. The summed E-state index contributed by atoms with van der Waals surface area (Å²) in [6.07, 6.45) is 2.77. The Balaban J connectivity index is 2.35. The molecule has 1 atom stereocenters. The predicted molar refractivity (Wildman–Crippen MR) is 69.9 cm³/mol. The van der Waals surface area contributed by atoms with E-state index in [1.165, 1.54) is 0 Å². The van der Waals surface area contributed by atoms with E-state index in [9.17, 15) is 9.90 Å². The molecular weight excluding hydrogens is 226 g/mol. The van der Waals surface area contributed by atoms with Crippen molar-refractivity contribution >= 4 is 16.9 Å². The van der Waals surface area contributed by atoms with Crippen molar-refractivity contribution < 1.29 is 9.90 Å². The first kappa shape index (κ1) is 11.2. The zero-order valence-corrected chi connectivity index (χ0v) is 10.3. The van der Waals surface area contributed by atoms with E-state index in [-0.39, 0.29) is 0 Å². The second-order valence-electron chi connectivity index (χ2n) is 5.08. The van der Waals surface area contributed by atoms with E-state index < -0.39 is 5.97 Å². The average molecular weight is 241 g/mol. The normalized spacial score (nSPS) is 18.6. The van der Waals surface area contributed by atoms with Gasteiger partial charge in [-0.05, 0) is 36.8 Å². The second kappa shape index (κ2) is 4.09. The number of aromatic nitrogens is 1. The number of hydrogen-bond donors (Lipinski definition) is 1.